The van der Waals surface area contributed by atoms with E-state index in [1.807, 2.05) is 0 Å². The standard InChI is InChI=1S/C11H6BrF2N3O3S/c12-8-3-15-11(21-8)17-10(20)16-7-2-6(14)5(13)1-4(7)9(18)19/h1-3H,(H,18,19)(H2,15,16,17,20). The first-order chi connectivity index (χ1) is 9.86. The van der Waals surface area contributed by atoms with E-state index in [-0.39, 0.29) is 10.8 Å². The van der Waals surface area contributed by atoms with Crippen LogP contribution in [0.1, 0.15) is 10.4 Å². The topological polar surface area (TPSA) is 91.3 Å². The van der Waals surface area contributed by atoms with Gasteiger partial charge in [-0.25, -0.2) is 23.4 Å². The monoisotopic (exact) mass is 377 g/mol. The van der Waals surface area contributed by atoms with Crippen LogP contribution in [0.4, 0.5) is 24.4 Å². The van der Waals surface area contributed by atoms with Gasteiger partial charge in [-0.15, -0.1) is 0 Å². The molecule has 0 atom stereocenters. The number of aromatic carboxylic acids is 1. The van der Waals surface area contributed by atoms with Crippen LogP contribution in [0.2, 0.25) is 0 Å². The summed E-state index contributed by atoms with van der Waals surface area (Å²) in [6.07, 6.45) is 1.46. The lowest BCUT2D eigenvalue weighted by molar-refractivity contribution is 0.0697. The van der Waals surface area contributed by atoms with Gasteiger partial charge in [0.2, 0.25) is 0 Å². The minimum absolute atomic E-state index is 0.249. The highest BCUT2D eigenvalue weighted by Gasteiger charge is 2.17. The summed E-state index contributed by atoms with van der Waals surface area (Å²) in [5, 5.41) is 13.6. The molecule has 0 aliphatic rings. The number of nitrogens with one attached hydrogen (secondary N) is 2. The van der Waals surface area contributed by atoms with Crippen LogP contribution < -0.4 is 10.6 Å². The molecule has 0 radical (unpaired) electrons. The molecule has 1 heterocycles. The summed E-state index contributed by atoms with van der Waals surface area (Å²) in [4.78, 5) is 26.5. The van der Waals surface area contributed by atoms with Crippen molar-refractivity contribution in [1.29, 1.82) is 0 Å². The lowest BCUT2D eigenvalue weighted by atomic mass is 10.1. The van der Waals surface area contributed by atoms with Crippen LogP contribution in [0, 0.1) is 11.6 Å². The first kappa shape index (κ1) is 15.3. The number of carboxylic acids is 1. The van der Waals surface area contributed by atoms with E-state index >= 15 is 0 Å². The number of anilines is 2. The summed E-state index contributed by atoms with van der Waals surface area (Å²) >= 11 is 4.28. The number of thiazole rings is 1. The van der Waals surface area contributed by atoms with E-state index in [4.69, 9.17) is 5.11 Å². The Balaban J connectivity index is 2.20. The van der Waals surface area contributed by atoms with E-state index in [1.54, 1.807) is 0 Å². The van der Waals surface area contributed by atoms with Crippen molar-refractivity contribution in [1.82, 2.24) is 4.98 Å². The predicted octanol–water partition coefficient (Wildman–Crippen LogP) is 3.53. The Bertz CT molecular complexity index is 723. The quantitative estimate of drug-likeness (QED) is 0.762. The molecule has 2 rings (SSSR count). The molecular formula is C11H6BrF2N3O3S. The van der Waals surface area contributed by atoms with Crippen LogP contribution in [-0.2, 0) is 0 Å². The number of halogens is 3. The molecule has 0 unspecified atom stereocenters. The summed E-state index contributed by atoms with van der Waals surface area (Å²) in [5.41, 5.74) is -0.932. The number of hydrogen-bond donors (Lipinski definition) is 3. The predicted molar refractivity (Wildman–Crippen MR) is 75.8 cm³/mol. The first-order valence-corrected chi connectivity index (χ1v) is 6.89. The largest absolute Gasteiger partial charge is 0.478 e. The Morgan fingerprint density at radius 1 is 1.24 bits per heavy atom. The fourth-order valence-electron chi connectivity index (χ4n) is 1.39. The summed E-state index contributed by atoms with van der Waals surface area (Å²) in [6, 6.07) is 0.258. The van der Waals surface area contributed by atoms with Gasteiger partial charge >= 0.3 is 12.0 Å². The summed E-state index contributed by atoms with van der Waals surface area (Å²) in [6.45, 7) is 0. The zero-order chi connectivity index (χ0) is 15.6. The van der Waals surface area contributed by atoms with Crippen molar-refractivity contribution in [3.63, 3.8) is 0 Å². The number of hydrogen-bond acceptors (Lipinski definition) is 4. The molecule has 10 heteroatoms. The molecule has 0 bridgehead atoms. The van der Waals surface area contributed by atoms with Gasteiger partial charge in [-0.3, -0.25) is 5.32 Å². The van der Waals surface area contributed by atoms with Gasteiger partial charge in [0.25, 0.3) is 0 Å². The van der Waals surface area contributed by atoms with Crippen molar-refractivity contribution in [2.24, 2.45) is 0 Å². The fourth-order valence-corrected chi connectivity index (χ4v) is 2.49. The van der Waals surface area contributed by atoms with E-state index in [0.717, 1.165) is 11.3 Å². The molecule has 0 spiro atoms. The van der Waals surface area contributed by atoms with E-state index in [1.165, 1.54) is 6.20 Å². The Labute approximate surface area is 128 Å². The van der Waals surface area contributed by atoms with E-state index < -0.39 is 29.2 Å². The van der Waals surface area contributed by atoms with E-state index in [2.05, 4.69) is 31.5 Å². The number of aromatic nitrogens is 1. The number of carbonyl (C=O) groups is 2. The van der Waals surface area contributed by atoms with Crippen molar-refractivity contribution in [3.05, 3.63) is 39.3 Å². The number of benzene rings is 1. The molecule has 0 fully saturated rings. The number of carbonyl (C=O) groups excluding carboxylic acids is 1. The van der Waals surface area contributed by atoms with Crippen LogP contribution in [0.25, 0.3) is 0 Å². The highest BCUT2D eigenvalue weighted by atomic mass is 79.9. The third-order valence-electron chi connectivity index (χ3n) is 2.24. The van der Waals surface area contributed by atoms with Gasteiger partial charge < -0.3 is 10.4 Å². The highest BCUT2D eigenvalue weighted by molar-refractivity contribution is 9.11. The van der Waals surface area contributed by atoms with Crippen molar-refractivity contribution >= 4 is 50.1 Å². The summed E-state index contributed by atoms with van der Waals surface area (Å²) in [5.74, 6) is -4.09. The molecule has 0 saturated carbocycles. The van der Waals surface area contributed by atoms with Gasteiger partial charge in [-0.1, -0.05) is 11.3 Å². The van der Waals surface area contributed by atoms with Gasteiger partial charge in [-0.05, 0) is 22.0 Å². The Morgan fingerprint density at radius 3 is 2.48 bits per heavy atom. The molecule has 2 aromatic rings. The van der Waals surface area contributed by atoms with E-state index in [0.29, 0.717) is 15.9 Å². The second-order valence-electron chi connectivity index (χ2n) is 3.67. The fraction of sp³-hybridized carbons (Fsp3) is 0. The smallest absolute Gasteiger partial charge is 0.337 e. The van der Waals surface area contributed by atoms with Gasteiger partial charge in [0.15, 0.2) is 16.8 Å². The van der Waals surface area contributed by atoms with Crippen LogP contribution in [0.3, 0.4) is 0 Å². The Hall–Kier alpha value is -2.07. The average Bonchev–Trinajstić information content (AvgIpc) is 2.78. The normalized spacial score (nSPS) is 10.2. The maximum atomic E-state index is 13.1. The van der Waals surface area contributed by atoms with Gasteiger partial charge in [0.1, 0.15) is 0 Å². The van der Waals surface area contributed by atoms with E-state index in [9.17, 15) is 18.4 Å². The Kier molecular flexibility index (Phi) is 4.48. The number of rotatable bonds is 3. The third-order valence-corrected chi connectivity index (χ3v) is 3.63. The summed E-state index contributed by atoms with van der Waals surface area (Å²) < 4.78 is 26.9. The SMILES string of the molecule is O=C(Nc1ncc(Br)s1)Nc1cc(F)c(F)cc1C(=O)O. The second-order valence-corrected chi connectivity index (χ2v) is 6.08. The zero-order valence-corrected chi connectivity index (χ0v) is 12.4. The molecular weight excluding hydrogens is 372 g/mol. The van der Waals surface area contributed by atoms with Crippen LogP contribution in [0.15, 0.2) is 22.1 Å². The van der Waals surface area contributed by atoms with Crippen molar-refractivity contribution < 1.29 is 23.5 Å². The van der Waals surface area contributed by atoms with Gasteiger partial charge in [-0.2, -0.15) is 0 Å². The molecule has 0 saturated heterocycles. The molecule has 1 aromatic carbocycles. The zero-order valence-electron chi connectivity index (χ0n) is 9.99. The van der Waals surface area contributed by atoms with Crippen LogP contribution in [0.5, 0.6) is 0 Å². The minimum atomic E-state index is -1.50. The van der Waals surface area contributed by atoms with Crippen molar-refractivity contribution in [2.75, 3.05) is 10.6 Å². The van der Waals surface area contributed by atoms with Crippen molar-refractivity contribution in [2.45, 2.75) is 0 Å². The number of nitrogens with zero attached hydrogens (tertiary/aromatic N) is 1. The first-order valence-electron chi connectivity index (χ1n) is 5.28. The lowest BCUT2D eigenvalue weighted by Crippen LogP contribution is -2.21. The number of carboxylic acid groups (broad SMARTS) is 1. The van der Waals surface area contributed by atoms with Crippen molar-refractivity contribution in [3.8, 4) is 0 Å². The van der Waals surface area contributed by atoms with Crippen LogP contribution in [-0.4, -0.2) is 22.1 Å². The molecule has 21 heavy (non-hydrogen) atoms. The second kappa shape index (κ2) is 6.14. The molecule has 0 aliphatic heterocycles. The number of amides is 2. The van der Waals surface area contributed by atoms with Gasteiger partial charge in [0.05, 0.1) is 21.2 Å². The molecule has 3 N–H and O–H groups in total. The maximum Gasteiger partial charge on any atom is 0.337 e. The lowest BCUT2D eigenvalue weighted by Gasteiger charge is -2.09. The van der Waals surface area contributed by atoms with Crippen LogP contribution >= 0.6 is 27.3 Å². The Morgan fingerprint density at radius 2 is 1.90 bits per heavy atom. The molecule has 110 valence electrons. The highest BCUT2D eigenvalue weighted by Crippen LogP contribution is 2.24. The molecule has 1 aromatic heterocycles. The van der Waals surface area contributed by atoms with Gasteiger partial charge in [0, 0.05) is 6.07 Å². The average molecular weight is 378 g/mol. The molecule has 2 amide bonds. The molecule has 0 aliphatic carbocycles. The number of urea groups is 1. The molecule has 6 nitrogen and oxygen atoms in total. The maximum absolute atomic E-state index is 13.1. The minimum Gasteiger partial charge on any atom is -0.478 e. The third kappa shape index (κ3) is 3.73. The summed E-state index contributed by atoms with van der Waals surface area (Å²) in [7, 11) is 0.